The second kappa shape index (κ2) is 3.14. The zero-order valence-electron chi connectivity index (χ0n) is 6.39. The first-order valence-corrected chi connectivity index (χ1v) is 3.89. The van der Waals surface area contributed by atoms with Crippen LogP contribution in [0.5, 0.6) is 5.75 Å². The van der Waals surface area contributed by atoms with Crippen LogP contribution in [-0.2, 0) is 5.88 Å². The number of alkyl halides is 1. The summed E-state index contributed by atoms with van der Waals surface area (Å²) in [5.74, 6) is 0.543. The van der Waals surface area contributed by atoms with Crippen LogP contribution in [0.3, 0.4) is 0 Å². The molecule has 0 saturated heterocycles. The Balaban J connectivity index is 3.24. The first-order valence-electron chi connectivity index (χ1n) is 3.35. The monoisotopic (exact) mass is 169 g/mol. The Morgan fingerprint density at radius 1 is 1.55 bits per heavy atom. The SMILES string of the molecule is [CH2]c1cc(C)cc(CCl)c1O. The molecule has 1 N–H and O–H groups in total. The Bertz CT molecular complexity index is 269. The molecule has 2 heteroatoms. The third-order valence-corrected chi connectivity index (χ3v) is 1.84. The highest BCUT2D eigenvalue weighted by Crippen LogP contribution is 2.24. The summed E-state index contributed by atoms with van der Waals surface area (Å²) in [5.41, 5.74) is 2.46. The van der Waals surface area contributed by atoms with Crippen LogP contribution in [0, 0.1) is 13.8 Å². The van der Waals surface area contributed by atoms with Crippen LogP contribution in [0.25, 0.3) is 0 Å². The van der Waals surface area contributed by atoms with E-state index in [1.165, 1.54) is 0 Å². The molecular formula is C9H10ClO. The molecule has 1 radical (unpaired) electrons. The molecule has 1 nitrogen and oxygen atoms in total. The summed E-state index contributed by atoms with van der Waals surface area (Å²) in [6.45, 7) is 5.63. The van der Waals surface area contributed by atoms with Crippen molar-refractivity contribution in [3.8, 4) is 5.75 Å². The molecule has 0 saturated carbocycles. The molecule has 0 unspecified atom stereocenters. The fourth-order valence-corrected chi connectivity index (χ4v) is 1.24. The lowest BCUT2D eigenvalue weighted by Crippen LogP contribution is -1.85. The molecule has 0 amide bonds. The van der Waals surface area contributed by atoms with E-state index in [0.29, 0.717) is 11.4 Å². The van der Waals surface area contributed by atoms with Gasteiger partial charge in [0.25, 0.3) is 0 Å². The van der Waals surface area contributed by atoms with Gasteiger partial charge in [0.15, 0.2) is 0 Å². The molecule has 0 atom stereocenters. The molecule has 0 fully saturated rings. The molecule has 1 aromatic rings. The van der Waals surface area contributed by atoms with Crippen LogP contribution in [0.1, 0.15) is 16.7 Å². The summed E-state index contributed by atoms with van der Waals surface area (Å²) < 4.78 is 0. The Morgan fingerprint density at radius 2 is 2.18 bits per heavy atom. The molecule has 59 valence electrons. The van der Waals surface area contributed by atoms with E-state index < -0.39 is 0 Å². The number of rotatable bonds is 1. The van der Waals surface area contributed by atoms with Gasteiger partial charge in [0.05, 0.1) is 5.88 Å². The zero-order chi connectivity index (χ0) is 8.43. The lowest BCUT2D eigenvalue weighted by atomic mass is 10.1. The van der Waals surface area contributed by atoms with Crippen LogP contribution >= 0.6 is 11.6 Å². The molecule has 0 aliphatic rings. The van der Waals surface area contributed by atoms with Gasteiger partial charge in [-0.1, -0.05) is 17.7 Å². The number of aryl methyl sites for hydroxylation is 1. The average molecular weight is 170 g/mol. The highest BCUT2D eigenvalue weighted by molar-refractivity contribution is 6.17. The first kappa shape index (κ1) is 8.41. The van der Waals surface area contributed by atoms with E-state index >= 15 is 0 Å². The zero-order valence-corrected chi connectivity index (χ0v) is 7.15. The van der Waals surface area contributed by atoms with Crippen molar-refractivity contribution in [2.75, 3.05) is 0 Å². The van der Waals surface area contributed by atoms with Crippen LogP contribution < -0.4 is 0 Å². The van der Waals surface area contributed by atoms with Gasteiger partial charge in [0, 0.05) is 5.56 Å². The van der Waals surface area contributed by atoms with Gasteiger partial charge in [0.1, 0.15) is 5.75 Å². The van der Waals surface area contributed by atoms with Gasteiger partial charge in [-0.15, -0.1) is 11.6 Å². The van der Waals surface area contributed by atoms with E-state index in [2.05, 4.69) is 6.92 Å². The van der Waals surface area contributed by atoms with E-state index in [1.807, 2.05) is 19.1 Å². The van der Waals surface area contributed by atoms with E-state index in [4.69, 9.17) is 11.6 Å². The van der Waals surface area contributed by atoms with Gasteiger partial charge in [-0.05, 0) is 19.4 Å². The summed E-state index contributed by atoms with van der Waals surface area (Å²) >= 11 is 5.59. The second-order valence-corrected chi connectivity index (χ2v) is 2.83. The minimum absolute atomic E-state index is 0.214. The Hall–Kier alpha value is -0.690. The van der Waals surface area contributed by atoms with Crippen molar-refractivity contribution in [1.29, 1.82) is 0 Å². The molecule has 1 aromatic carbocycles. The van der Waals surface area contributed by atoms with E-state index in [9.17, 15) is 5.11 Å². The van der Waals surface area contributed by atoms with Crippen molar-refractivity contribution < 1.29 is 5.11 Å². The number of aromatic hydroxyl groups is 1. The summed E-state index contributed by atoms with van der Waals surface area (Å²) in [7, 11) is 0. The molecule has 1 rings (SSSR count). The van der Waals surface area contributed by atoms with Gasteiger partial charge < -0.3 is 5.11 Å². The van der Waals surface area contributed by atoms with Crippen molar-refractivity contribution in [3.05, 3.63) is 35.7 Å². The number of phenolic OH excluding ortho intramolecular Hbond substituents is 1. The van der Waals surface area contributed by atoms with Crippen molar-refractivity contribution >= 4 is 11.6 Å². The fraction of sp³-hybridized carbons (Fsp3) is 0.222. The predicted octanol–water partition coefficient (Wildman–Crippen LogP) is 2.62. The summed E-state index contributed by atoms with van der Waals surface area (Å²) in [5, 5.41) is 9.38. The number of halogens is 1. The minimum Gasteiger partial charge on any atom is -0.507 e. The Labute approximate surface area is 71.6 Å². The predicted molar refractivity (Wildman–Crippen MR) is 46.9 cm³/mol. The van der Waals surface area contributed by atoms with Crippen LogP contribution in [0.2, 0.25) is 0 Å². The van der Waals surface area contributed by atoms with Gasteiger partial charge in [-0.25, -0.2) is 0 Å². The Morgan fingerprint density at radius 3 is 2.73 bits per heavy atom. The molecule has 0 spiro atoms. The summed E-state index contributed by atoms with van der Waals surface area (Å²) in [4.78, 5) is 0. The average Bonchev–Trinajstić information content (AvgIpc) is 1.96. The van der Waals surface area contributed by atoms with Gasteiger partial charge in [-0.3, -0.25) is 0 Å². The summed E-state index contributed by atoms with van der Waals surface area (Å²) in [6.07, 6.45) is 0. The lowest BCUT2D eigenvalue weighted by Gasteiger charge is -2.05. The number of hydrogen-bond acceptors (Lipinski definition) is 1. The maximum Gasteiger partial charge on any atom is 0.123 e. The summed E-state index contributed by atoms with van der Waals surface area (Å²) in [6, 6.07) is 3.68. The molecule has 0 aliphatic carbocycles. The van der Waals surface area contributed by atoms with Crippen LogP contribution in [-0.4, -0.2) is 5.11 Å². The Kier molecular flexibility index (Phi) is 2.40. The van der Waals surface area contributed by atoms with Gasteiger partial charge in [-0.2, -0.15) is 0 Å². The van der Waals surface area contributed by atoms with Crippen molar-refractivity contribution in [3.63, 3.8) is 0 Å². The molecule has 0 bridgehead atoms. The molecule has 11 heavy (non-hydrogen) atoms. The van der Waals surface area contributed by atoms with Crippen LogP contribution in [0.4, 0.5) is 0 Å². The maximum absolute atomic E-state index is 9.38. The maximum atomic E-state index is 9.38. The topological polar surface area (TPSA) is 20.2 Å². The van der Waals surface area contributed by atoms with E-state index in [0.717, 1.165) is 11.1 Å². The highest BCUT2D eigenvalue weighted by atomic mass is 35.5. The van der Waals surface area contributed by atoms with Crippen molar-refractivity contribution in [1.82, 2.24) is 0 Å². The smallest absolute Gasteiger partial charge is 0.123 e. The second-order valence-electron chi connectivity index (χ2n) is 2.57. The van der Waals surface area contributed by atoms with E-state index in [-0.39, 0.29) is 5.75 Å². The van der Waals surface area contributed by atoms with Gasteiger partial charge in [0.2, 0.25) is 0 Å². The number of hydrogen-bond donors (Lipinski definition) is 1. The number of benzene rings is 1. The van der Waals surface area contributed by atoms with E-state index in [1.54, 1.807) is 0 Å². The van der Waals surface area contributed by atoms with Gasteiger partial charge >= 0.3 is 0 Å². The third kappa shape index (κ3) is 1.66. The molecule has 0 aliphatic heterocycles. The normalized spacial score (nSPS) is 10.1. The minimum atomic E-state index is 0.214. The highest BCUT2D eigenvalue weighted by Gasteiger charge is 2.03. The lowest BCUT2D eigenvalue weighted by molar-refractivity contribution is 0.468. The quantitative estimate of drug-likeness (QED) is 0.641. The number of phenols is 1. The first-order chi connectivity index (χ1) is 5.15. The molecule has 0 heterocycles. The standard InChI is InChI=1S/C9H10ClO/c1-6-3-7(2)9(11)8(4-6)5-10/h3-4,11H,2,5H2,1H3. The largest absolute Gasteiger partial charge is 0.507 e. The fourth-order valence-electron chi connectivity index (χ4n) is 1.04. The van der Waals surface area contributed by atoms with Crippen molar-refractivity contribution in [2.24, 2.45) is 0 Å². The molecule has 0 aromatic heterocycles. The third-order valence-electron chi connectivity index (χ3n) is 1.56. The van der Waals surface area contributed by atoms with Crippen molar-refractivity contribution in [2.45, 2.75) is 12.8 Å². The molecular weight excluding hydrogens is 160 g/mol. The van der Waals surface area contributed by atoms with Crippen LogP contribution in [0.15, 0.2) is 12.1 Å².